The van der Waals surface area contributed by atoms with Crippen molar-refractivity contribution in [3.63, 3.8) is 0 Å². The molecule has 0 unspecified atom stereocenters. The van der Waals surface area contributed by atoms with Gasteiger partial charge in [0.05, 0.1) is 10.6 Å². The van der Waals surface area contributed by atoms with E-state index in [1.807, 2.05) is 0 Å². The Bertz CT molecular complexity index is 493. The van der Waals surface area contributed by atoms with Gasteiger partial charge in [-0.1, -0.05) is 0 Å². The van der Waals surface area contributed by atoms with Crippen LogP contribution in [0.5, 0.6) is 0 Å². The quantitative estimate of drug-likeness (QED) is 0.687. The second-order valence-corrected chi connectivity index (χ2v) is 4.53. The van der Waals surface area contributed by atoms with Crippen LogP contribution in [0.2, 0.25) is 0 Å². The highest BCUT2D eigenvalue weighted by Gasteiger charge is 2.08. The number of hydrogen-bond donors (Lipinski definition) is 3. The van der Waals surface area contributed by atoms with Crippen molar-refractivity contribution < 1.29 is 19.5 Å². The number of aromatic carboxylic acids is 1. The Morgan fingerprint density at radius 1 is 1.42 bits per heavy atom. The van der Waals surface area contributed by atoms with Crippen LogP contribution in [-0.4, -0.2) is 40.8 Å². The van der Waals surface area contributed by atoms with Crippen molar-refractivity contribution in [2.45, 2.75) is 11.4 Å². The van der Waals surface area contributed by atoms with E-state index in [9.17, 15) is 14.4 Å². The lowest BCUT2D eigenvalue weighted by Gasteiger charge is -2.03. The standard InChI is InChI=1S/C11H13N3O4S/c1-12-11(18)14-8(15)3-5-19-9-6-7(10(16)17)2-4-13-9/h2,4,6H,3,5H2,1H3,(H,16,17)(H2,12,14,15,18). The zero-order chi connectivity index (χ0) is 14.3. The van der Waals surface area contributed by atoms with Crippen LogP contribution >= 0.6 is 11.8 Å². The number of hydrogen-bond acceptors (Lipinski definition) is 5. The fraction of sp³-hybridized carbons (Fsp3) is 0.273. The summed E-state index contributed by atoms with van der Waals surface area (Å²) >= 11 is 1.25. The number of pyridine rings is 1. The van der Waals surface area contributed by atoms with Crippen molar-refractivity contribution in [3.05, 3.63) is 23.9 Å². The van der Waals surface area contributed by atoms with Crippen LogP contribution in [0.15, 0.2) is 23.4 Å². The molecule has 1 aromatic heterocycles. The maximum atomic E-state index is 11.3. The summed E-state index contributed by atoms with van der Waals surface area (Å²) in [6.07, 6.45) is 1.54. The van der Waals surface area contributed by atoms with Crippen molar-refractivity contribution in [2.75, 3.05) is 12.8 Å². The van der Waals surface area contributed by atoms with Gasteiger partial charge in [-0.2, -0.15) is 0 Å². The number of aromatic nitrogens is 1. The van der Waals surface area contributed by atoms with Crippen LogP contribution in [0.1, 0.15) is 16.8 Å². The number of nitrogens with one attached hydrogen (secondary N) is 2. The topological polar surface area (TPSA) is 108 Å². The van der Waals surface area contributed by atoms with E-state index in [0.717, 1.165) is 0 Å². The van der Waals surface area contributed by atoms with Crippen molar-refractivity contribution in [1.82, 2.24) is 15.6 Å². The van der Waals surface area contributed by atoms with Gasteiger partial charge in [0, 0.05) is 25.4 Å². The summed E-state index contributed by atoms with van der Waals surface area (Å²) in [4.78, 5) is 36.9. The highest BCUT2D eigenvalue weighted by molar-refractivity contribution is 7.99. The minimum absolute atomic E-state index is 0.136. The fourth-order valence-corrected chi connectivity index (χ4v) is 1.96. The van der Waals surface area contributed by atoms with Crippen LogP contribution in [0.25, 0.3) is 0 Å². The lowest BCUT2D eigenvalue weighted by atomic mass is 10.3. The van der Waals surface area contributed by atoms with Crippen molar-refractivity contribution >= 4 is 29.7 Å². The van der Waals surface area contributed by atoms with E-state index >= 15 is 0 Å². The van der Waals surface area contributed by atoms with E-state index in [4.69, 9.17) is 5.11 Å². The molecule has 0 saturated heterocycles. The van der Waals surface area contributed by atoms with E-state index in [2.05, 4.69) is 15.6 Å². The van der Waals surface area contributed by atoms with Crippen LogP contribution in [-0.2, 0) is 4.79 Å². The van der Waals surface area contributed by atoms with Gasteiger partial charge in [-0.3, -0.25) is 10.1 Å². The van der Waals surface area contributed by atoms with Gasteiger partial charge in [0.2, 0.25) is 5.91 Å². The summed E-state index contributed by atoms with van der Waals surface area (Å²) in [5.74, 6) is -1.03. The number of carboxylic acids is 1. The number of carbonyl (C=O) groups is 3. The molecule has 0 saturated carbocycles. The van der Waals surface area contributed by atoms with Gasteiger partial charge in [-0.05, 0) is 12.1 Å². The van der Waals surface area contributed by atoms with Gasteiger partial charge >= 0.3 is 12.0 Å². The van der Waals surface area contributed by atoms with E-state index in [1.54, 1.807) is 0 Å². The predicted octanol–water partition coefficient (Wildman–Crippen LogP) is 0.718. The first-order chi connectivity index (χ1) is 9.02. The average molecular weight is 283 g/mol. The minimum atomic E-state index is -1.03. The van der Waals surface area contributed by atoms with Crippen LogP contribution in [0.4, 0.5) is 4.79 Å². The van der Waals surface area contributed by atoms with Gasteiger partial charge < -0.3 is 10.4 Å². The largest absolute Gasteiger partial charge is 0.478 e. The highest BCUT2D eigenvalue weighted by Crippen LogP contribution is 2.17. The zero-order valence-corrected chi connectivity index (χ0v) is 11.0. The van der Waals surface area contributed by atoms with Crippen LogP contribution in [0, 0.1) is 0 Å². The third kappa shape index (κ3) is 5.38. The molecular weight excluding hydrogens is 270 g/mol. The Morgan fingerprint density at radius 3 is 2.79 bits per heavy atom. The zero-order valence-electron chi connectivity index (χ0n) is 10.2. The SMILES string of the molecule is CNC(=O)NC(=O)CCSc1cc(C(=O)O)ccn1. The molecule has 0 aliphatic carbocycles. The Balaban J connectivity index is 2.41. The molecule has 1 aromatic rings. The Morgan fingerprint density at radius 2 is 2.16 bits per heavy atom. The Labute approximate surface area is 113 Å². The summed E-state index contributed by atoms with van der Waals surface area (Å²) in [5, 5.41) is 13.7. The molecule has 1 heterocycles. The van der Waals surface area contributed by atoms with Gasteiger partial charge in [0.25, 0.3) is 0 Å². The lowest BCUT2D eigenvalue weighted by molar-refractivity contribution is -0.119. The van der Waals surface area contributed by atoms with Gasteiger partial charge in [-0.15, -0.1) is 11.8 Å². The molecule has 0 aliphatic rings. The van der Waals surface area contributed by atoms with Crippen molar-refractivity contribution in [1.29, 1.82) is 0 Å². The molecule has 1 rings (SSSR count). The normalized spacial score (nSPS) is 9.74. The molecule has 3 amide bonds. The maximum Gasteiger partial charge on any atom is 0.335 e. The van der Waals surface area contributed by atoms with E-state index in [-0.39, 0.29) is 12.0 Å². The van der Waals surface area contributed by atoms with Crippen molar-refractivity contribution in [3.8, 4) is 0 Å². The molecule has 3 N–H and O–H groups in total. The molecule has 19 heavy (non-hydrogen) atoms. The van der Waals surface area contributed by atoms with Crippen LogP contribution < -0.4 is 10.6 Å². The summed E-state index contributed by atoms with van der Waals surface area (Å²) in [6, 6.07) is 2.27. The summed E-state index contributed by atoms with van der Waals surface area (Å²) in [5.41, 5.74) is 0.146. The monoisotopic (exact) mass is 283 g/mol. The molecular formula is C11H13N3O4S. The van der Waals surface area contributed by atoms with E-state index in [1.165, 1.54) is 37.1 Å². The molecule has 0 fully saturated rings. The molecule has 8 heteroatoms. The third-order valence-corrected chi connectivity index (χ3v) is 2.97. The number of urea groups is 1. The molecule has 0 aromatic carbocycles. The molecule has 102 valence electrons. The second-order valence-electron chi connectivity index (χ2n) is 3.41. The lowest BCUT2D eigenvalue weighted by Crippen LogP contribution is -2.37. The predicted molar refractivity (Wildman–Crippen MR) is 69.1 cm³/mol. The van der Waals surface area contributed by atoms with E-state index in [0.29, 0.717) is 10.8 Å². The Kier molecular flexibility index (Phi) is 5.80. The third-order valence-electron chi connectivity index (χ3n) is 2.04. The second kappa shape index (κ2) is 7.37. The number of carboxylic acid groups (broad SMARTS) is 1. The number of carbonyl (C=O) groups excluding carboxylic acids is 2. The summed E-state index contributed by atoms with van der Waals surface area (Å²) < 4.78 is 0. The molecule has 0 atom stereocenters. The number of thioether (sulfide) groups is 1. The molecule has 0 aliphatic heterocycles. The van der Waals surface area contributed by atoms with Gasteiger partial charge in [0.15, 0.2) is 0 Å². The molecule has 7 nitrogen and oxygen atoms in total. The Hall–Kier alpha value is -2.09. The number of amides is 3. The number of rotatable bonds is 5. The maximum absolute atomic E-state index is 11.3. The van der Waals surface area contributed by atoms with Crippen molar-refractivity contribution in [2.24, 2.45) is 0 Å². The summed E-state index contributed by atoms with van der Waals surface area (Å²) in [6.45, 7) is 0. The van der Waals surface area contributed by atoms with Gasteiger partial charge in [-0.25, -0.2) is 14.6 Å². The average Bonchev–Trinajstić information content (AvgIpc) is 2.38. The molecule has 0 bridgehead atoms. The number of imide groups is 1. The molecule has 0 radical (unpaired) electrons. The first kappa shape index (κ1) is 15.0. The molecule has 0 spiro atoms. The smallest absolute Gasteiger partial charge is 0.335 e. The fourth-order valence-electron chi connectivity index (χ4n) is 1.12. The summed E-state index contributed by atoms with van der Waals surface area (Å²) in [7, 11) is 1.42. The van der Waals surface area contributed by atoms with E-state index < -0.39 is 17.9 Å². The first-order valence-corrected chi connectivity index (χ1v) is 6.35. The van der Waals surface area contributed by atoms with Crippen LogP contribution in [0.3, 0.4) is 0 Å². The minimum Gasteiger partial charge on any atom is -0.478 e. The highest BCUT2D eigenvalue weighted by atomic mass is 32.2. The van der Waals surface area contributed by atoms with Gasteiger partial charge in [0.1, 0.15) is 0 Å². The first-order valence-electron chi connectivity index (χ1n) is 5.36. The number of nitrogens with zero attached hydrogens (tertiary/aromatic N) is 1.